The van der Waals surface area contributed by atoms with Crippen LogP contribution in [-0.4, -0.2) is 13.5 Å². The van der Waals surface area contributed by atoms with Crippen LogP contribution in [0.1, 0.15) is 39.0 Å². The standard InChI is InChI=1S/C11H17B/c1-2-3-4-5-6-7-8-9-10-11-12/h7-8,11-12H,2-6H2,1H3/b8-7+. The fraction of sp³-hybridized carbons (Fsp3) is 0.545. The average Bonchev–Trinajstić information content (AvgIpc) is 2.10. The van der Waals surface area contributed by atoms with Crippen LogP contribution in [0, 0.1) is 11.8 Å². The molecular formula is C11H17B. The van der Waals surface area contributed by atoms with E-state index in [1.165, 1.54) is 25.7 Å². The van der Waals surface area contributed by atoms with Crippen LogP contribution in [0.2, 0.25) is 0 Å². The van der Waals surface area contributed by atoms with Crippen LogP contribution in [-0.2, 0) is 0 Å². The Balaban J connectivity index is 3.18. The van der Waals surface area contributed by atoms with Crippen LogP contribution in [0.5, 0.6) is 0 Å². The summed E-state index contributed by atoms with van der Waals surface area (Å²) in [5.41, 5.74) is 0. The Labute approximate surface area is 77.1 Å². The second-order valence-corrected chi connectivity index (χ2v) is 2.74. The molecule has 0 bridgehead atoms. The zero-order valence-electron chi connectivity index (χ0n) is 7.97. The van der Waals surface area contributed by atoms with E-state index in [9.17, 15) is 0 Å². The van der Waals surface area contributed by atoms with Gasteiger partial charge in [0, 0.05) is 0 Å². The second-order valence-electron chi connectivity index (χ2n) is 2.74. The van der Waals surface area contributed by atoms with Crippen molar-refractivity contribution in [3.63, 3.8) is 0 Å². The Morgan fingerprint density at radius 2 is 2.00 bits per heavy atom. The molecule has 0 aliphatic carbocycles. The van der Waals surface area contributed by atoms with Gasteiger partial charge >= 0.3 is 76.5 Å². The third kappa shape index (κ3) is 9.23. The zero-order valence-corrected chi connectivity index (χ0v) is 7.97. The number of hydrogen-bond donors (Lipinski definition) is 0. The molecule has 0 fully saturated rings. The first-order valence-electron chi connectivity index (χ1n) is 4.68. The van der Waals surface area contributed by atoms with E-state index in [4.69, 9.17) is 0 Å². The van der Waals surface area contributed by atoms with Crippen molar-refractivity contribution in [1.29, 1.82) is 0 Å². The molecule has 0 nitrogen and oxygen atoms in total. The molecule has 0 aromatic carbocycles. The molecule has 0 spiro atoms. The van der Waals surface area contributed by atoms with E-state index in [-0.39, 0.29) is 0 Å². The molecule has 0 aliphatic heterocycles. The quantitative estimate of drug-likeness (QED) is 0.328. The van der Waals surface area contributed by atoms with Crippen molar-refractivity contribution in [2.24, 2.45) is 0 Å². The fourth-order valence-corrected chi connectivity index (χ4v) is 0.938. The average molecular weight is 160 g/mol. The molecule has 0 saturated carbocycles. The molecule has 0 aromatic rings. The molecule has 12 heavy (non-hydrogen) atoms. The van der Waals surface area contributed by atoms with Crippen LogP contribution in [0.15, 0.2) is 12.2 Å². The molecule has 64 valence electrons. The van der Waals surface area contributed by atoms with E-state index in [0.717, 1.165) is 6.42 Å². The fourth-order valence-electron chi connectivity index (χ4n) is 0.938. The van der Waals surface area contributed by atoms with Gasteiger partial charge in [-0.1, -0.05) is 0 Å². The summed E-state index contributed by atoms with van der Waals surface area (Å²) in [5, 5.41) is 0. The molecule has 0 rings (SSSR count). The monoisotopic (exact) mass is 160 g/mol. The molecule has 0 heterocycles. The SMILES string of the molecule is B=CC#C/C=C/CCCCCC. The summed E-state index contributed by atoms with van der Waals surface area (Å²) in [6, 6.07) is 0. The van der Waals surface area contributed by atoms with Crippen molar-refractivity contribution in [3.05, 3.63) is 12.2 Å². The van der Waals surface area contributed by atoms with E-state index >= 15 is 0 Å². The molecule has 0 N–H and O–H groups in total. The summed E-state index contributed by atoms with van der Waals surface area (Å²) in [6.45, 7) is 2.23. The first-order chi connectivity index (χ1) is 5.91. The molecule has 0 saturated heterocycles. The van der Waals surface area contributed by atoms with E-state index < -0.39 is 0 Å². The van der Waals surface area contributed by atoms with Crippen LogP contribution in [0.4, 0.5) is 0 Å². The Bertz CT molecular complexity index is 181. The molecule has 0 atom stereocenters. The number of rotatable bonds is 5. The first-order valence-corrected chi connectivity index (χ1v) is 4.68. The molecule has 0 aliphatic rings. The van der Waals surface area contributed by atoms with Gasteiger partial charge < -0.3 is 0 Å². The molecule has 0 radical (unpaired) electrons. The minimum atomic E-state index is 1.16. The number of allylic oxidation sites excluding steroid dienone is 2. The summed E-state index contributed by atoms with van der Waals surface area (Å²) in [5.74, 6) is 7.27. The summed E-state index contributed by atoms with van der Waals surface area (Å²) < 4.78 is 0. The van der Waals surface area contributed by atoms with E-state index in [0.29, 0.717) is 0 Å². The van der Waals surface area contributed by atoms with Gasteiger partial charge in [-0.2, -0.15) is 0 Å². The van der Waals surface area contributed by atoms with Crippen molar-refractivity contribution in [2.45, 2.75) is 39.0 Å². The van der Waals surface area contributed by atoms with Gasteiger partial charge in [0.15, 0.2) is 0 Å². The van der Waals surface area contributed by atoms with Crippen molar-refractivity contribution in [2.75, 3.05) is 0 Å². The van der Waals surface area contributed by atoms with Gasteiger partial charge in [-0.05, 0) is 0 Å². The van der Waals surface area contributed by atoms with Crippen molar-refractivity contribution < 1.29 is 0 Å². The Kier molecular flexibility index (Phi) is 9.58. The van der Waals surface area contributed by atoms with Gasteiger partial charge in [0.2, 0.25) is 0 Å². The summed E-state index contributed by atoms with van der Waals surface area (Å²) in [6.07, 6.45) is 10.5. The van der Waals surface area contributed by atoms with E-state index in [1.807, 2.05) is 6.08 Å². The molecule has 0 aromatic heterocycles. The first kappa shape index (κ1) is 11.2. The minimum absolute atomic E-state index is 1.16. The third-order valence-corrected chi connectivity index (χ3v) is 1.61. The van der Waals surface area contributed by atoms with E-state index in [2.05, 4.69) is 32.3 Å². The molecular weight excluding hydrogens is 143 g/mol. The van der Waals surface area contributed by atoms with Gasteiger partial charge in [0.25, 0.3) is 0 Å². The van der Waals surface area contributed by atoms with Crippen LogP contribution in [0.3, 0.4) is 0 Å². The van der Waals surface area contributed by atoms with Crippen LogP contribution in [0.25, 0.3) is 0 Å². The maximum atomic E-state index is 3.51. The van der Waals surface area contributed by atoms with Gasteiger partial charge in [-0.25, -0.2) is 0 Å². The van der Waals surface area contributed by atoms with Gasteiger partial charge in [-0.3, -0.25) is 0 Å². The predicted molar refractivity (Wildman–Crippen MR) is 58.9 cm³/mol. The molecule has 0 amide bonds. The second kappa shape index (κ2) is 10.2. The van der Waals surface area contributed by atoms with Crippen molar-refractivity contribution in [3.8, 4) is 11.8 Å². The van der Waals surface area contributed by atoms with Gasteiger partial charge in [0.05, 0.1) is 0 Å². The number of unbranched alkanes of at least 4 members (excludes halogenated alkanes) is 4. The van der Waals surface area contributed by atoms with Gasteiger partial charge in [-0.15, -0.1) is 0 Å². The summed E-state index contributed by atoms with van der Waals surface area (Å²) in [7, 11) is 3.51. The Morgan fingerprint density at radius 1 is 1.17 bits per heavy atom. The topological polar surface area (TPSA) is 0 Å². The summed E-state index contributed by atoms with van der Waals surface area (Å²) >= 11 is 0. The van der Waals surface area contributed by atoms with Crippen LogP contribution < -0.4 is 0 Å². The molecule has 1 heteroatoms. The third-order valence-electron chi connectivity index (χ3n) is 1.61. The number of hydrogen-bond acceptors (Lipinski definition) is 0. The summed E-state index contributed by atoms with van der Waals surface area (Å²) in [4.78, 5) is 0. The van der Waals surface area contributed by atoms with Crippen LogP contribution >= 0.6 is 0 Å². The normalized spacial score (nSPS) is 9.33. The maximum absolute atomic E-state index is 3.51. The van der Waals surface area contributed by atoms with Crippen molar-refractivity contribution in [1.82, 2.24) is 0 Å². The zero-order chi connectivity index (χ0) is 9.07. The van der Waals surface area contributed by atoms with E-state index in [1.54, 1.807) is 5.97 Å². The van der Waals surface area contributed by atoms with Crippen molar-refractivity contribution >= 4 is 13.5 Å². The van der Waals surface area contributed by atoms with Gasteiger partial charge in [0.1, 0.15) is 0 Å². The molecule has 0 unspecified atom stereocenters. The Hall–Kier alpha value is -0.765. The predicted octanol–water partition coefficient (Wildman–Crippen LogP) is 2.22. The Morgan fingerprint density at radius 3 is 2.67 bits per heavy atom.